The molecular weight excluding hydrogens is 538 g/mol. The van der Waals surface area contributed by atoms with Crippen LogP contribution < -0.4 is 25.9 Å². The molecule has 3 amide bonds. The van der Waals surface area contributed by atoms with Gasteiger partial charge >= 0.3 is 11.8 Å². The molecule has 1 saturated heterocycles. The molecule has 3 atom stereocenters. The van der Waals surface area contributed by atoms with Crippen molar-refractivity contribution in [3.63, 3.8) is 0 Å². The summed E-state index contributed by atoms with van der Waals surface area (Å²) >= 11 is 0. The Bertz CT molecular complexity index is 1370. The summed E-state index contributed by atoms with van der Waals surface area (Å²) in [5.41, 5.74) is 0.685. The molecule has 3 heterocycles. The molecule has 222 valence electrons. The van der Waals surface area contributed by atoms with Crippen LogP contribution in [0.1, 0.15) is 56.8 Å². The maximum atomic E-state index is 13.4. The predicted molar refractivity (Wildman–Crippen MR) is 142 cm³/mol. The molecule has 0 spiro atoms. The van der Waals surface area contributed by atoms with Crippen LogP contribution in [0.2, 0.25) is 0 Å². The lowest BCUT2D eigenvalue weighted by molar-refractivity contribution is -0.141. The number of carbonyl (C=O) groups is 4. The number of aromatic nitrogens is 2. The van der Waals surface area contributed by atoms with Gasteiger partial charge < -0.3 is 34.2 Å². The number of hydrogen-bond donors (Lipinski definition) is 2. The number of hydrogen-bond acceptors (Lipinski definition) is 10. The molecule has 0 saturated carbocycles. The van der Waals surface area contributed by atoms with E-state index in [1.165, 1.54) is 12.0 Å². The molecule has 2 aliphatic rings. The zero-order valence-electron chi connectivity index (χ0n) is 23.7. The highest BCUT2D eigenvalue weighted by molar-refractivity contribution is 6.00. The van der Waals surface area contributed by atoms with E-state index in [9.17, 15) is 24.0 Å². The molecule has 2 aromatic rings. The van der Waals surface area contributed by atoms with E-state index in [2.05, 4.69) is 20.5 Å². The molecule has 41 heavy (non-hydrogen) atoms. The fraction of sp³-hybridized carbons (Fsp3) is 0.556. The summed E-state index contributed by atoms with van der Waals surface area (Å²) in [7, 11) is 1.20. The summed E-state index contributed by atoms with van der Waals surface area (Å²) in [6, 6.07) is 2.37. The van der Waals surface area contributed by atoms with E-state index in [0.717, 1.165) is 4.68 Å². The standard InChI is InChI=1S/C27H35N5O9/c1-14(2)20(28-23(34)17-7-6-10-31(17)25(35)21(15(3)4)29-26(36)38-5)22(33)24-30-32(27(37)41-24)12-16-8-9-18-19(11-16)40-13-39-18/h8-9,11,14-15,17,20-21H,6-7,10,12-13H2,1-5H3,(H,28,34)(H,29,36)/t17-,20-,21-/m0/s1. The van der Waals surface area contributed by atoms with E-state index in [0.29, 0.717) is 36.4 Å². The molecule has 0 radical (unpaired) electrons. The van der Waals surface area contributed by atoms with Crippen molar-refractivity contribution in [3.8, 4) is 11.5 Å². The molecule has 0 aliphatic carbocycles. The zero-order valence-corrected chi connectivity index (χ0v) is 23.7. The van der Waals surface area contributed by atoms with Crippen LogP contribution in [0.15, 0.2) is 27.4 Å². The molecule has 2 aliphatic heterocycles. The van der Waals surface area contributed by atoms with E-state index >= 15 is 0 Å². The van der Waals surface area contributed by atoms with Gasteiger partial charge in [0.15, 0.2) is 11.5 Å². The van der Waals surface area contributed by atoms with Gasteiger partial charge in [-0.05, 0) is 42.4 Å². The topological polar surface area (TPSA) is 171 Å². The number of carbonyl (C=O) groups excluding carboxylic acids is 4. The molecule has 1 aromatic carbocycles. The molecular formula is C27H35N5O9. The minimum absolute atomic E-state index is 0.0285. The van der Waals surface area contributed by atoms with Gasteiger partial charge in [0.2, 0.25) is 24.4 Å². The Morgan fingerprint density at radius 2 is 1.76 bits per heavy atom. The van der Waals surface area contributed by atoms with Gasteiger partial charge in [0.1, 0.15) is 12.1 Å². The number of ketones is 1. The van der Waals surface area contributed by atoms with Gasteiger partial charge in [-0.15, -0.1) is 5.10 Å². The van der Waals surface area contributed by atoms with Crippen LogP contribution >= 0.6 is 0 Å². The second-order valence-corrected chi connectivity index (χ2v) is 10.7. The maximum absolute atomic E-state index is 13.4. The van der Waals surface area contributed by atoms with Gasteiger partial charge in [0.05, 0.1) is 19.7 Å². The van der Waals surface area contributed by atoms with Gasteiger partial charge in [-0.2, -0.15) is 4.68 Å². The van der Waals surface area contributed by atoms with Gasteiger partial charge in [-0.3, -0.25) is 14.4 Å². The van der Waals surface area contributed by atoms with Crippen molar-refractivity contribution in [2.45, 2.75) is 65.2 Å². The Labute approximate surface area is 236 Å². The van der Waals surface area contributed by atoms with Crippen molar-refractivity contribution in [1.82, 2.24) is 25.3 Å². The molecule has 0 unspecified atom stereocenters. The highest BCUT2D eigenvalue weighted by Crippen LogP contribution is 2.32. The number of alkyl carbamates (subject to hydrolysis) is 1. The Kier molecular flexibility index (Phi) is 8.98. The number of nitrogens with one attached hydrogen (secondary N) is 2. The fourth-order valence-electron chi connectivity index (χ4n) is 4.82. The summed E-state index contributed by atoms with van der Waals surface area (Å²) < 4.78 is 21.5. The van der Waals surface area contributed by atoms with E-state index in [-0.39, 0.29) is 25.2 Å². The van der Waals surface area contributed by atoms with E-state index in [4.69, 9.17) is 13.9 Å². The second-order valence-electron chi connectivity index (χ2n) is 10.7. The second kappa shape index (κ2) is 12.4. The minimum Gasteiger partial charge on any atom is -0.454 e. The molecule has 14 heteroatoms. The normalized spacial score (nSPS) is 17.4. The van der Waals surface area contributed by atoms with Crippen LogP contribution in [0.4, 0.5) is 4.79 Å². The van der Waals surface area contributed by atoms with Crippen LogP contribution in [0.25, 0.3) is 0 Å². The van der Waals surface area contributed by atoms with E-state index in [1.54, 1.807) is 45.9 Å². The number of nitrogens with zero attached hydrogens (tertiary/aromatic N) is 3. The first-order valence-electron chi connectivity index (χ1n) is 13.5. The molecule has 14 nitrogen and oxygen atoms in total. The lowest BCUT2D eigenvalue weighted by atomic mass is 9.98. The summed E-state index contributed by atoms with van der Waals surface area (Å²) in [6.45, 7) is 7.48. The van der Waals surface area contributed by atoms with Crippen molar-refractivity contribution in [1.29, 1.82) is 0 Å². The quantitative estimate of drug-likeness (QED) is 0.395. The number of likely N-dealkylation sites (tertiary alicyclic amines) is 1. The third-order valence-electron chi connectivity index (χ3n) is 7.06. The van der Waals surface area contributed by atoms with Gasteiger partial charge in [0.25, 0.3) is 5.89 Å². The van der Waals surface area contributed by atoms with Crippen LogP contribution in [-0.2, 0) is 20.9 Å². The Balaban J connectivity index is 1.46. The average Bonchev–Trinajstić information content (AvgIpc) is 3.69. The molecule has 4 rings (SSSR count). The molecule has 2 N–H and O–H groups in total. The third kappa shape index (κ3) is 6.52. The number of amides is 3. The number of rotatable bonds is 10. The first-order valence-corrected chi connectivity index (χ1v) is 13.5. The predicted octanol–water partition coefficient (Wildman–Crippen LogP) is 1.31. The van der Waals surface area contributed by atoms with Crippen molar-refractivity contribution < 1.29 is 37.8 Å². The largest absolute Gasteiger partial charge is 0.454 e. The Hall–Kier alpha value is -4.36. The van der Waals surface area contributed by atoms with Crippen molar-refractivity contribution in [3.05, 3.63) is 40.2 Å². The smallest absolute Gasteiger partial charge is 0.437 e. The summed E-state index contributed by atoms with van der Waals surface area (Å²) in [4.78, 5) is 65.8. The van der Waals surface area contributed by atoms with Gasteiger partial charge in [0, 0.05) is 6.54 Å². The number of methoxy groups -OCH3 is 1. The minimum atomic E-state index is -1.06. The molecule has 1 aromatic heterocycles. The monoisotopic (exact) mass is 573 g/mol. The first-order chi connectivity index (χ1) is 19.5. The number of ether oxygens (including phenoxy) is 3. The molecule has 0 bridgehead atoms. The zero-order chi connectivity index (χ0) is 29.8. The van der Waals surface area contributed by atoms with Gasteiger partial charge in [-0.1, -0.05) is 33.8 Å². The lowest BCUT2D eigenvalue weighted by Crippen LogP contribution is -2.57. The first kappa shape index (κ1) is 29.6. The third-order valence-corrected chi connectivity index (χ3v) is 7.06. The summed E-state index contributed by atoms with van der Waals surface area (Å²) in [5, 5.41) is 9.34. The highest BCUT2D eigenvalue weighted by atomic mass is 16.7. The number of benzene rings is 1. The number of fused-ring (bicyclic) bond motifs is 1. The fourth-order valence-corrected chi connectivity index (χ4v) is 4.82. The number of Topliss-reactive ketones (excluding diaryl/α,β-unsaturated/α-hetero) is 1. The maximum Gasteiger partial charge on any atom is 0.437 e. The van der Waals surface area contributed by atoms with Crippen LogP contribution in [0.3, 0.4) is 0 Å². The summed E-state index contributed by atoms with van der Waals surface area (Å²) in [5.74, 6) is -2.38. The SMILES string of the molecule is COC(=O)N[C@H](C(=O)N1CCC[C@H]1C(=O)N[C@H](C(=O)c1nn(Cc2ccc3c(c2)OCO3)c(=O)o1)C(C)C)C(C)C. The van der Waals surface area contributed by atoms with Crippen LogP contribution in [0.5, 0.6) is 11.5 Å². The highest BCUT2D eigenvalue weighted by Gasteiger charge is 2.40. The Morgan fingerprint density at radius 1 is 1.05 bits per heavy atom. The van der Waals surface area contributed by atoms with Crippen molar-refractivity contribution >= 4 is 23.7 Å². The average molecular weight is 574 g/mol. The molecule has 1 fully saturated rings. The van der Waals surface area contributed by atoms with Gasteiger partial charge in [-0.25, -0.2) is 9.59 Å². The Morgan fingerprint density at radius 3 is 2.44 bits per heavy atom. The van der Waals surface area contributed by atoms with Crippen LogP contribution in [-0.4, -0.2) is 76.9 Å². The van der Waals surface area contributed by atoms with Crippen molar-refractivity contribution in [2.24, 2.45) is 11.8 Å². The van der Waals surface area contributed by atoms with Crippen molar-refractivity contribution in [2.75, 3.05) is 20.4 Å². The summed E-state index contributed by atoms with van der Waals surface area (Å²) in [6.07, 6.45) is 0.215. The van der Waals surface area contributed by atoms with E-state index in [1.807, 2.05) is 0 Å². The van der Waals surface area contributed by atoms with Crippen LogP contribution in [0, 0.1) is 11.8 Å². The van der Waals surface area contributed by atoms with E-state index < -0.39 is 53.5 Å². The lowest BCUT2D eigenvalue weighted by Gasteiger charge is -2.31.